The van der Waals surface area contributed by atoms with Crippen molar-refractivity contribution < 1.29 is 4.39 Å². The molecule has 1 aliphatic heterocycles. The fourth-order valence-corrected chi connectivity index (χ4v) is 3.56. The molecule has 144 valence electrons. The maximum atomic E-state index is 13.8. The second-order valence-corrected chi connectivity index (χ2v) is 7.02. The van der Waals surface area contributed by atoms with E-state index in [0.717, 1.165) is 46.8 Å². The summed E-state index contributed by atoms with van der Waals surface area (Å²) < 4.78 is 14.5. The van der Waals surface area contributed by atoms with Crippen LogP contribution in [0.3, 0.4) is 0 Å². The first kappa shape index (κ1) is 20.8. The summed E-state index contributed by atoms with van der Waals surface area (Å²) >= 11 is 3.47. The molecule has 5 N–H and O–H groups in total. The average molecular weight is 433 g/mol. The Bertz CT molecular complexity index is 865. The van der Waals surface area contributed by atoms with Crippen molar-refractivity contribution in [1.82, 2.24) is 10.2 Å². The van der Waals surface area contributed by atoms with Gasteiger partial charge >= 0.3 is 0 Å². The van der Waals surface area contributed by atoms with Gasteiger partial charge in [0, 0.05) is 52.4 Å². The number of nitrogens with zero attached hydrogens (tertiary/aromatic N) is 1. The summed E-state index contributed by atoms with van der Waals surface area (Å²) in [4.78, 5) is 2.20. The molecule has 6 heteroatoms. The van der Waals surface area contributed by atoms with Crippen LogP contribution in [0.2, 0.25) is 0 Å². The zero-order chi connectivity index (χ0) is 20.1. The number of rotatable bonds is 5. The molecule has 0 unspecified atom stereocenters. The van der Waals surface area contributed by atoms with Crippen LogP contribution in [-0.4, -0.2) is 18.5 Å². The van der Waals surface area contributed by atoms with E-state index in [1.807, 2.05) is 32.2 Å². The van der Waals surface area contributed by atoms with Crippen LogP contribution in [0, 0.1) is 5.82 Å². The van der Waals surface area contributed by atoms with Crippen molar-refractivity contribution in [2.24, 2.45) is 5.73 Å². The molecule has 0 saturated heterocycles. The molecule has 0 amide bonds. The van der Waals surface area contributed by atoms with Crippen molar-refractivity contribution in [3.63, 3.8) is 0 Å². The third-order valence-electron chi connectivity index (χ3n) is 4.36. The van der Waals surface area contributed by atoms with Gasteiger partial charge in [0.05, 0.1) is 11.4 Å². The number of nitrogen functional groups attached to an aromatic ring is 1. The Morgan fingerprint density at radius 3 is 2.63 bits per heavy atom. The minimum atomic E-state index is -0.449. The molecule has 1 heterocycles. The van der Waals surface area contributed by atoms with Gasteiger partial charge in [-0.1, -0.05) is 35.5 Å². The second kappa shape index (κ2) is 8.95. The first-order valence-electron chi connectivity index (χ1n) is 8.79. The predicted octanol–water partition coefficient (Wildman–Crippen LogP) is 4.64. The van der Waals surface area contributed by atoms with Crippen LogP contribution in [0.5, 0.6) is 0 Å². The Balaban J connectivity index is 2.74. The largest absolute Gasteiger partial charge is 0.404 e. The smallest absolute Gasteiger partial charge is 0.147 e. The Morgan fingerprint density at radius 1 is 1.37 bits per heavy atom. The minimum Gasteiger partial charge on any atom is -0.404 e. The lowest BCUT2D eigenvalue weighted by molar-refractivity contribution is 0.443. The van der Waals surface area contributed by atoms with Crippen LogP contribution in [-0.2, 0) is 0 Å². The Morgan fingerprint density at radius 2 is 2.07 bits per heavy atom. The molecule has 1 aromatic rings. The van der Waals surface area contributed by atoms with Crippen molar-refractivity contribution >= 4 is 27.2 Å². The van der Waals surface area contributed by atoms with Crippen molar-refractivity contribution in [3.8, 4) is 0 Å². The lowest BCUT2D eigenvalue weighted by Gasteiger charge is -2.36. The standard InChI is InChI=1S/C21H26BrFN4/c1-5-7-27-20(6-2)16(15-10-19(25)18(23)11-17(15)22)9-14(12-24)21(27)8-13(3)26-4/h6,8-12,26H,3,5,7,24-25H2,1-2,4H3/b14-12-,20-6-,21-8?. The van der Waals surface area contributed by atoms with E-state index in [4.69, 9.17) is 11.5 Å². The summed E-state index contributed by atoms with van der Waals surface area (Å²) in [5.74, 6) is -0.449. The van der Waals surface area contributed by atoms with Gasteiger partial charge in [0.25, 0.3) is 0 Å². The van der Waals surface area contributed by atoms with Crippen molar-refractivity contribution in [2.45, 2.75) is 20.3 Å². The highest BCUT2D eigenvalue weighted by molar-refractivity contribution is 9.10. The number of hydrogen-bond acceptors (Lipinski definition) is 4. The van der Waals surface area contributed by atoms with Crippen molar-refractivity contribution in [1.29, 1.82) is 0 Å². The highest BCUT2D eigenvalue weighted by Gasteiger charge is 2.27. The topological polar surface area (TPSA) is 67.3 Å². The van der Waals surface area contributed by atoms with Crippen LogP contribution < -0.4 is 16.8 Å². The Kier molecular flexibility index (Phi) is 6.91. The highest BCUT2D eigenvalue weighted by Crippen LogP contribution is 2.41. The molecule has 4 nitrogen and oxygen atoms in total. The lowest BCUT2D eigenvalue weighted by Crippen LogP contribution is -2.29. The molecule has 0 atom stereocenters. The number of nitrogens with two attached hydrogens (primary N) is 2. The van der Waals surface area contributed by atoms with Gasteiger partial charge in [-0.3, -0.25) is 0 Å². The van der Waals surface area contributed by atoms with Gasteiger partial charge in [-0.15, -0.1) is 0 Å². The predicted molar refractivity (Wildman–Crippen MR) is 116 cm³/mol. The quantitative estimate of drug-likeness (QED) is 0.592. The zero-order valence-electron chi connectivity index (χ0n) is 15.9. The van der Waals surface area contributed by atoms with Gasteiger partial charge < -0.3 is 21.7 Å². The number of nitrogens with one attached hydrogen (secondary N) is 1. The van der Waals surface area contributed by atoms with Gasteiger partial charge in [0.1, 0.15) is 5.82 Å². The fourth-order valence-electron chi connectivity index (χ4n) is 3.03. The number of benzene rings is 1. The molecule has 0 aromatic heterocycles. The molecule has 2 rings (SSSR count). The van der Waals surface area contributed by atoms with Crippen LogP contribution in [0.4, 0.5) is 10.1 Å². The highest BCUT2D eigenvalue weighted by atomic mass is 79.9. The number of anilines is 1. The van der Waals surface area contributed by atoms with E-state index in [0.29, 0.717) is 4.47 Å². The number of hydrogen-bond donors (Lipinski definition) is 3. The lowest BCUT2D eigenvalue weighted by atomic mass is 9.92. The first-order chi connectivity index (χ1) is 12.9. The molecule has 0 radical (unpaired) electrons. The molecule has 0 saturated carbocycles. The third kappa shape index (κ3) is 4.27. The molecule has 0 fully saturated rings. The van der Waals surface area contributed by atoms with Gasteiger partial charge in [-0.25, -0.2) is 4.39 Å². The number of allylic oxidation sites excluding steroid dienone is 4. The Hall–Kier alpha value is -2.47. The van der Waals surface area contributed by atoms with E-state index in [-0.39, 0.29) is 5.69 Å². The molecular formula is C21H26BrFN4. The van der Waals surface area contributed by atoms with Crippen molar-refractivity contribution in [2.75, 3.05) is 19.3 Å². The fraction of sp³-hybridized carbons (Fsp3) is 0.238. The summed E-state index contributed by atoms with van der Waals surface area (Å²) in [5, 5.41) is 3.05. The van der Waals surface area contributed by atoms with E-state index in [1.54, 1.807) is 12.3 Å². The summed E-state index contributed by atoms with van der Waals surface area (Å²) in [6, 6.07) is 3.04. The monoisotopic (exact) mass is 432 g/mol. The summed E-state index contributed by atoms with van der Waals surface area (Å²) in [6.45, 7) is 8.90. The maximum Gasteiger partial charge on any atom is 0.147 e. The molecule has 1 aromatic carbocycles. The zero-order valence-corrected chi connectivity index (χ0v) is 17.5. The summed E-state index contributed by atoms with van der Waals surface area (Å²) in [5.41, 5.74) is 17.2. The van der Waals surface area contributed by atoms with Crippen LogP contribution >= 0.6 is 15.9 Å². The summed E-state index contributed by atoms with van der Waals surface area (Å²) in [6.07, 6.45) is 8.52. The average Bonchev–Trinajstić information content (AvgIpc) is 2.65. The van der Waals surface area contributed by atoms with Gasteiger partial charge in [-0.2, -0.15) is 0 Å². The molecular weight excluding hydrogens is 407 g/mol. The number of halogens is 2. The molecule has 27 heavy (non-hydrogen) atoms. The van der Waals surface area contributed by atoms with Gasteiger partial charge in [-0.05, 0) is 37.6 Å². The second-order valence-electron chi connectivity index (χ2n) is 6.16. The normalized spacial score (nSPS) is 18.9. The van der Waals surface area contributed by atoms with E-state index in [9.17, 15) is 4.39 Å². The maximum absolute atomic E-state index is 13.8. The van der Waals surface area contributed by atoms with Gasteiger partial charge in [0.15, 0.2) is 0 Å². The van der Waals surface area contributed by atoms with Crippen molar-refractivity contribution in [3.05, 3.63) is 81.7 Å². The van der Waals surface area contributed by atoms with E-state index < -0.39 is 5.82 Å². The Labute approximate surface area is 168 Å². The number of likely N-dealkylation sites (N-methyl/N-ethyl adjacent to an activating group) is 1. The van der Waals surface area contributed by atoms with E-state index in [1.165, 1.54) is 6.07 Å². The summed E-state index contributed by atoms with van der Waals surface area (Å²) in [7, 11) is 1.83. The van der Waals surface area contributed by atoms with E-state index in [2.05, 4.69) is 39.6 Å². The third-order valence-corrected chi connectivity index (χ3v) is 5.02. The molecule has 0 spiro atoms. The molecule has 1 aliphatic rings. The van der Waals surface area contributed by atoms with Crippen LogP contribution in [0.25, 0.3) is 5.57 Å². The SMILES string of the molecule is C=C(C=C1/C(=C\N)C=C(c2cc(N)c(F)cc2Br)/C(=C/C)N1CCC)NC. The van der Waals surface area contributed by atoms with Crippen LogP contribution in [0.15, 0.2) is 70.3 Å². The minimum absolute atomic E-state index is 0.106. The van der Waals surface area contributed by atoms with Crippen LogP contribution in [0.1, 0.15) is 25.8 Å². The first-order valence-corrected chi connectivity index (χ1v) is 9.58. The molecule has 0 aliphatic carbocycles. The molecule has 0 bridgehead atoms. The van der Waals surface area contributed by atoms with Gasteiger partial charge in [0.2, 0.25) is 0 Å². The van der Waals surface area contributed by atoms with E-state index >= 15 is 0 Å².